The lowest BCUT2D eigenvalue weighted by atomic mass is 10.1. The molecule has 0 bridgehead atoms. The highest BCUT2D eigenvalue weighted by molar-refractivity contribution is 5.69. The molecule has 0 saturated carbocycles. The van der Waals surface area contributed by atoms with E-state index in [1.54, 1.807) is 12.2 Å². The van der Waals surface area contributed by atoms with Crippen molar-refractivity contribution < 1.29 is 19.1 Å². The molecule has 1 aliphatic heterocycles. The maximum Gasteiger partial charge on any atom is 0.305 e. The average Bonchev–Trinajstić information content (AvgIpc) is 3.03. The van der Waals surface area contributed by atoms with Gasteiger partial charge in [0.2, 0.25) is 0 Å². The van der Waals surface area contributed by atoms with Crippen LogP contribution in [0, 0.1) is 0 Å². The molecule has 1 fully saturated rings. The first kappa shape index (κ1) is 12.6. The van der Waals surface area contributed by atoms with E-state index in [1.165, 1.54) is 13.2 Å². The van der Waals surface area contributed by atoms with Crippen LogP contribution in [0.25, 0.3) is 0 Å². The molecular weight excluding hydrogens is 208 g/mol. The molecule has 0 aromatic carbocycles. The summed E-state index contributed by atoms with van der Waals surface area (Å²) in [5.41, 5.74) is 0. The first-order chi connectivity index (χ1) is 7.77. The molecule has 4 heteroatoms. The predicted molar refractivity (Wildman–Crippen MR) is 58.9 cm³/mol. The molecule has 0 aliphatic carbocycles. The van der Waals surface area contributed by atoms with E-state index in [9.17, 15) is 9.59 Å². The largest absolute Gasteiger partial charge is 0.469 e. The van der Waals surface area contributed by atoms with Crippen molar-refractivity contribution in [2.75, 3.05) is 7.11 Å². The van der Waals surface area contributed by atoms with Crippen LogP contribution in [0.1, 0.15) is 19.3 Å². The SMILES string of the molecule is COC(=O)CCC[C@H]1O[C@@H]1/C=C/C=C/C=O. The van der Waals surface area contributed by atoms with Gasteiger partial charge >= 0.3 is 5.97 Å². The molecule has 1 rings (SSSR count). The maximum absolute atomic E-state index is 10.8. The predicted octanol–water partition coefficient (Wildman–Crippen LogP) is 1.41. The van der Waals surface area contributed by atoms with Crippen molar-refractivity contribution in [2.45, 2.75) is 31.5 Å². The fourth-order valence-corrected chi connectivity index (χ4v) is 1.39. The number of allylic oxidation sites excluding steroid dienone is 3. The minimum absolute atomic E-state index is 0.133. The Morgan fingerprint density at radius 1 is 1.38 bits per heavy atom. The number of epoxide rings is 1. The number of rotatable bonds is 7. The summed E-state index contributed by atoms with van der Waals surface area (Å²) in [5, 5.41) is 0. The van der Waals surface area contributed by atoms with Gasteiger partial charge in [0.25, 0.3) is 0 Å². The van der Waals surface area contributed by atoms with Gasteiger partial charge in [0.1, 0.15) is 12.4 Å². The van der Waals surface area contributed by atoms with Crippen LogP contribution in [0.3, 0.4) is 0 Å². The highest BCUT2D eigenvalue weighted by Crippen LogP contribution is 2.28. The molecule has 0 amide bonds. The van der Waals surface area contributed by atoms with Crippen molar-refractivity contribution in [1.82, 2.24) is 0 Å². The van der Waals surface area contributed by atoms with E-state index in [0.29, 0.717) is 6.42 Å². The molecule has 1 aliphatic rings. The molecule has 16 heavy (non-hydrogen) atoms. The normalized spacial score (nSPS) is 23.8. The summed E-state index contributed by atoms with van der Waals surface area (Å²) in [7, 11) is 1.39. The van der Waals surface area contributed by atoms with E-state index in [4.69, 9.17) is 4.74 Å². The molecule has 0 aromatic heterocycles. The van der Waals surface area contributed by atoms with Gasteiger partial charge in [-0.05, 0) is 18.9 Å². The van der Waals surface area contributed by atoms with Gasteiger partial charge in [0.15, 0.2) is 0 Å². The summed E-state index contributed by atoms with van der Waals surface area (Å²) in [5.74, 6) is -0.179. The number of hydrogen-bond donors (Lipinski definition) is 0. The number of ether oxygens (including phenoxy) is 2. The van der Waals surface area contributed by atoms with Crippen LogP contribution in [-0.2, 0) is 19.1 Å². The monoisotopic (exact) mass is 224 g/mol. The second-order valence-electron chi connectivity index (χ2n) is 3.51. The zero-order valence-electron chi connectivity index (χ0n) is 9.30. The minimum atomic E-state index is -0.179. The number of aldehydes is 1. The van der Waals surface area contributed by atoms with Gasteiger partial charge in [-0.2, -0.15) is 0 Å². The fourth-order valence-electron chi connectivity index (χ4n) is 1.39. The zero-order valence-corrected chi connectivity index (χ0v) is 9.30. The van der Waals surface area contributed by atoms with Crippen molar-refractivity contribution in [3.63, 3.8) is 0 Å². The summed E-state index contributed by atoms with van der Waals surface area (Å²) in [6.07, 6.45) is 9.95. The number of carbonyl (C=O) groups is 2. The molecule has 1 heterocycles. The number of methoxy groups -OCH3 is 1. The highest BCUT2D eigenvalue weighted by Gasteiger charge is 2.35. The lowest BCUT2D eigenvalue weighted by Crippen LogP contribution is -2.01. The second-order valence-corrected chi connectivity index (χ2v) is 3.51. The third kappa shape index (κ3) is 4.89. The van der Waals surface area contributed by atoms with Crippen LogP contribution >= 0.6 is 0 Å². The van der Waals surface area contributed by atoms with E-state index in [-0.39, 0.29) is 18.2 Å². The second kappa shape index (κ2) is 6.95. The Balaban J connectivity index is 2.06. The molecule has 0 aromatic rings. The number of esters is 1. The lowest BCUT2D eigenvalue weighted by Gasteiger charge is -1.96. The third-order valence-corrected chi connectivity index (χ3v) is 2.32. The van der Waals surface area contributed by atoms with Crippen molar-refractivity contribution in [1.29, 1.82) is 0 Å². The van der Waals surface area contributed by atoms with E-state index in [0.717, 1.165) is 19.1 Å². The standard InChI is InChI=1S/C12H16O4/c1-15-12(14)8-5-7-11-10(16-11)6-3-2-4-9-13/h2-4,6,9-11H,5,7-8H2,1H3/b4-2+,6-3+/t10-,11-/m1/s1. The topological polar surface area (TPSA) is 55.9 Å². The van der Waals surface area contributed by atoms with Crippen molar-refractivity contribution in [3.8, 4) is 0 Å². The van der Waals surface area contributed by atoms with Crippen molar-refractivity contribution in [2.24, 2.45) is 0 Å². The van der Waals surface area contributed by atoms with Gasteiger partial charge in [0, 0.05) is 6.42 Å². The van der Waals surface area contributed by atoms with Gasteiger partial charge in [-0.1, -0.05) is 18.2 Å². The summed E-state index contributed by atoms with van der Waals surface area (Å²) in [6, 6.07) is 0. The first-order valence-electron chi connectivity index (χ1n) is 5.29. The molecule has 0 spiro atoms. The number of carbonyl (C=O) groups excluding carboxylic acids is 2. The summed E-state index contributed by atoms with van der Waals surface area (Å²) >= 11 is 0. The summed E-state index contributed by atoms with van der Waals surface area (Å²) in [4.78, 5) is 20.8. The third-order valence-electron chi connectivity index (χ3n) is 2.32. The Bertz CT molecular complexity index is 293. The molecule has 0 N–H and O–H groups in total. The minimum Gasteiger partial charge on any atom is -0.469 e. The van der Waals surface area contributed by atoms with Crippen molar-refractivity contribution in [3.05, 3.63) is 24.3 Å². The van der Waals surface area contributed by atoms with E-state index in [1.807, 2.05) is 6.08 Å². The number of hydrogen-bond acceptors (Lipinski definition) is 4. The molecule has 0 unspecified atom stereocenters. The van der Waals surface area contributed by atoms with E-state index < -0.39 is 0 Å². The molecule has 1 saturated heterocycles. The Labute approximate surface area is 94.9 Å². The summed E-state index contributed by atoms with van der Waals surface area (Å²) in [6.45, 7) is 0. The average molecular weight is 224 g/mol. The van der Waals surface area contributed by atoms with E-state index >= 15 is 0 Å². The fraction of sp³-hybridized carbons (Fsp3) is 0.500. The maximum atomic E-state index is 10.8. The van der Waals surface area contributed by atoms with Gasteiger partial charge in [0.05, 0.1) is 13.2 Å². The van der Waals surface area contributed by atoms with Gasteiger partial charge in [-0.25, -0.2) is 0 Å². The molecule has 0 radical (unpaired) electrons. The Morgan fingerprint density at radius 2 is 2.19 bits per heavy atom. The van der Waals surface area contributed by atoms with Gasteiger partial charge in [-0.3, -0.25) is 9.59 Å². The van der Waals surface area contributed by atoms with Crippen LogP contribution in [0.15, 0.2) is 24.3 Å². The highest BCUT2D eigenvalue weighted by atomic mass is 16.6. The van der Waals surface area contributed by atoms with Crippen LogP contribution in [0.4, 0.5) is 0 Å². The molecule has 88 valence electrons. The Kier molecular flexibility index (Phi) is 5.50. The van der Waals surface area contributed by atoms with Crippen LogP contribution < -0.4 is 0 Å². The Hall–Kier alpha value is -1.42. The Morgan fingerprint density at radius 3 is 2.88 bits per heavy atom. The van der Waals surface area contributed by atoms with Crippen LogP contribution in [0.2, 0.25) is 0 Å². The van der Waals surface area contributed by atoms with Crippen molar-refractivity contribution >= 4 is 12.3 Å². The van der Waals surface area contributed by atoms with E-state index in [2.05, 4.69) is 4.74 Å². The summed E-state index contributed by atoms with van der Waals surface area (Å²) < 4.78 is 9.89. The molecule has 4 nitrogen and oxygen atoms in total. The molecule has 2 atom stereocenters. The zero-order chi connectivity index (χ0) is 11.8. The quantitative estimate of drug-likeness (QED) is 0.216. The van der Waals surface area contributed by atoms with Gasteiger partial charge in [-0.15, -0.1) is 0 Å². The van der Waals surface area contributed by atoms with Crippen LogP contribution in [-0.4, -0.2) is 31.6 Å². The van der Waals surface area contributed by atoms with Crippen LogP contribution in [0.5, 0.6) is 0 Å². The molecular formula is C12H16O4. The van der Waals surface area contributed by atoms with Gasteiger partial charge < -0.3 is 9.47 Å². The smallest absolute Gasteiger partial charge is 0.305 e. The lowest BCUT2D eigenvalue weighted by molar-refractivity contribution is -0.140. The first-order valence-corrected chi connectivity index (χ1v) is 5.29.